The summed E-state index contributed by atoms with van der Waals surface area (Å²) in [5.74, 6) is -1.16. The van der Waals surface area contributed by atoms with Crippen LogP contribution in [-0.2, 0) is 26.3 Å². The monoisotopic (exact) mass is 306 g/mol. The predicted molar refractivity (Wildman–Crippen MR) is 83.4 cm³/mol. The van der Waals surface area contributed by atoms with Gasteiger partial charge in [-0.05, 0) is 11.6 Å². The molecule has 1 fully saturated rings. The van der Waals surface area contributed by atoms with Crippen molar-refractivity contribution in [1.82, 2.24) is 4.90 Å². The largest absolute Gasteiger partial charge is 0.325 e. The minimum Gasteiger partial charge on any atom is -0.325 e. The molecule has 1 spiro atoms. The number of nitrogens with zero attached hydrogens (tertiary/aromatic N) is 1. The summed E-state index contributed by atoms with van der Waals surface area (Å²) in [7, 11) is 0. The Balaban J connectivity index is 1.74. The first kappa shape index (κ1) is 13.7. The first-order valence-corrected chi connectivity index (χ1v) is 7.42. The highest BCUT2D eigenvalue weighted by Gasteiger charge is 2.61. The third-order valence-electron chi connectivity index (χ3n) is 4.53. The van der Waals surface area contributed by atoms with Crippen molar-refractivity contribution in [2.24, 2.45) is 0 Å². The van der Waals surface area contributed by atoms with Crippen LogP contribution < -0.4 is 5.32 Å². The summed E-state index contributed by atoms with van der Waals surface area (Å²) in [6, 6.07) is 16.4. The Labute approximate surface area is 132 Å². The van der Waals surface area contributed by atoms with E-state index in [0.29, 0.717) is 11.3 Å². The molecule has 5 nitrogen and oxygen atoms in total. The third kappa shape index (κ3) is 1.83. The van der Waals surface area contributed by atoms with E-state index in [4.69, 9.17) is 0 Å². The summed E-state index contributed by atoms with van der Waals surface area (Å²) in [4.78, 5) is 39.1. The normalized spacial score (nSPS) is 22.6. The van der Waals surface area contributed by atoms with Gasteiger partial charge in [-0.3, -0.25) is 19.3 Å². The first-order chi connectivity index (χ1) is 11.1. The van der Waals surface area contributed by atoms with Crippen LogP contribution in [0.15, 0.2) is 54.6 Å². The molecule has 23 heavy (non-hydrogen) atoms. The summed E-state index contributed by atoms with van der Waals surface area (Å²) in [5.41, 5.74) is 0.666. The van der Waals surface area contributed by atoms with E-state index in [2.05, 4.69) is 5.32 Å². The molecule has 3 amide bonds. The minimum absolute atomic E-state index is 0.110. The van der Waals surface area contributed by atoms with Crippen molar-refractivity contribution in [2.75, 3.05) is 5.32 Å². The molecule has 2 heterocycles. The van der Waals surface area contributed by atoms with Gasteiger partial charge in [0.05, 0.1) is 13.0 Å². The topological polar surface area (TPSA) is 66.5 Å². The lowest BCUT2D eigenvalue weighted by molar-refractivity contribution is -0.141. The Bertz CT molecular complexity index is 831. The second-order valence-electron chi connectivity index (χ2n) is 5.85. The van der Waals surface area contributed by atoms with E-state index in [0.717, 1.165) is 5.56 Å². The third-order valence-corrected chi connectivity index (χ3v) is 4.53. The van der Waals surface area contributed by atoms with Crippen molar-refractivity contribution in [1.29, 1.82) is 0 Å². The number of carbonyl (C=O) groups excluding carboxylic acids is 3. The highest BCUT2D eigenvalue weighted by atomic mass is 16.2. The van der Waals surface area contributed by atoms with E-state index in [1.165, 1.54) is 4.90 Å². The highest BCUT2D eigenvalue weighted by Crippen LogP contribution is 2.45. The van der Waals surface area contributed by atoms with Crippen LogP contribution in [0.25, 0.3) is 0 Å². The predicted octanol–water partition coefficient (Wildman–Crippen LogP) is 1.84. The number of anilines is 1. The molecule has 114 valence electrons. The number of carbonyl (C=O) groups is 3. The average Bonchev–Trinajstić information content (AvgIpc) is 2.98. The molecule has 4 rings (SSSR count). The van der Waals surface area contributed by atoms with Gasteiger partial charge >= 0.3 is 0 Å². The maximum absolute atomic E-state index is 13.0. The summed E-state index contributed by atoms with van der Waals surface area (Å²) in [5, 5.41) is 2.73. The number of nitrogens with one attached hydrogen (secondary N) is 1. The number of amides is 3. The van der Waals surface area contributed by atoms with E-state index in [9.17, 15) is 14.4 Å². The lowest BCUT2D eigenvalue weighted by atomic mass is 9.80. The van der Waals surface area contributed by atoms with E-state index in [1.807, 2.05) is 30.3 Å². The maximum atomic E-state index is 13.0. The number of hydrogen-bond donors (Lipinski definition) is 1. The van der Waals surface area contributed by atoms with E-state index in [-0.39, 0.29) is 18.9 Å². The van der Waals surface area contributed by atoms with Crippen molar-refractivity contribution in [3.63, 3.8) is 0 Å². The van der Waals surface area contributed by atoms with E-state index < -0.39 is 17.2 Å². The summed E-state index contributed by atoms with van der Waals surface area (Å²) < 4.78 is 0. The van der Waals surface area contributed by atoms with Gasteiger partial charge in [0.15, 0.2) is 5.41 Å². The van der Waals surface area contributed by atoms with Crippen LogP contribution in [-0.4, -0.2) is 22.6 Å². The van der Waals surface area contributed by atoms with Crippen LogP contribution >= 0.6 is 0 Å². The van der Waals surface area contributed by atoms with Gasteiger partial charge in [-0.25, -0.2) is 0 Å². The second kappa shape index (κ2) is 4.78. The molecule has 2 aromatic carbocycles. The Morgan fingerprint density at radius 2 is 1.65 bits per heavy atom. The fourth-order valence-electron chi connectivity index (χ4n) is 3.37. The summed E-state index contributed by atoms with van der Waals surface area (Å²) in [6.45, 7) is 0.190. The quantitative estimate of drug-likeness (QED) is 0.680. The van der Waals surface area contributed by atoms with Gasteiger partial charge in [0.1, 0.15) is 0 Å². The molecule has 1 N–H and O–H groups in total. The fourth-order valence-corrected chi connectivity index (χ4v) is 3.37. The van der Waals surface area contributed by atoms with Crippen LogP contribution in [0.4, 0.5) is 5.69 Å². The molecule has 0 saturated carbocycles. The molecular formula is C18H14N2O3. The molecular weight excluding hydrogens is 292 g/mol. The van der Waals surface area contributed by atoms with Gasteiger partial charge in [0, 0.05) is 11.3 Å². The van der Waals surface area contributed by atoms with Crippen molar-refractivity contribution >= 4 is 23.4 Å². The standard InChI is InChI=1S/C18H14N2O3/c21-15-10-18(13-8-4-5-9-14(13)19-16(18)22)17(23)20(15)11-12-6-2-1-3-7-12/h1-9H,10-11H2,(H,19,22)/t18-/m1/s1. The molecule has 0 unspecified atom stereocenters. The Morgan fingerprint density at radius 3 is 2.43 bits per heavy atom. The Morgan fingerprint density at radius 1 is 0.957 bits per heavy atom. The molecule has 0 radical (unpaired) electrons. The molecule has 2 aliphatic heterocycles. The molecule has 1 saturated heterocycles. The van der Waals surface area contributed by atoms with Gasteiger partial charge in [0.25, 0.3) is 0 Å². The summed E-state index contributed by atoms with van der Waals surface area (Å²) in [6.07, 6.45) is -0.110. The van der Waals surface area contributed by atoms with Crippen LogP contribution in [0.1, 0.15) is 17.5 Å². The first-order valence-electron chi connectivity index (χ1n) is 7.42. The van der Waals surface area contributed by atoms with Crippen LogP contribution in [0, 0.1) is 0 Å². The SMILES string of the molecule is O=C1C[C@@]2(C(=O)Nc3ccccc32)C(=O)N1Cc1ccccc1. The number of para-hydroxylation sites is 1. The lowest BCUT2D eigenvalue weighted by Gasteiger charge is -2.20. The number of fused-ring (bicyclic) bond motifs is 2. The zero-order valence-corrected chi connectivity index (χ0v) is 12.3. The zero-order chi connectivity index (χ0) is 16.0. The van der Waals surface area contributed by atoms with Crippen molar-refractivity contribution in [3.05, 3.63) is 65.7 Å². The second-order valence-corrected chi connectivity index (χ2v) is 5.85. The molecule has 0 aromatic heterocycles. The molecule has 2 aromatic rings. The van der Waals surface area contributed by atoms with Gasteiger partial charge in [-0.2, -0.15) is 0 Å². The average molecular weight is 306 g/mol. The highest BCUT2D eigenvalue weighted by molar-refractivity contribution is 6.27. The Hall–Kier alpha value is -2.95. The lowest BCUT2D eigenvalue weighted by Crippen LogP contribution is -2.43. The number of likely N-dealkylation sites (tertiary alicyclic amines) is 1. The van der Waals surface area contributed by atoms with Crippen molar-refractivity contribution in [3.8, 4) is 0 Å². The smallest absolute Gasteiger partial charge is 0.250 e. The number of hydrogen-bond acceptors (Lipinski definition) is 3. The molecule has 0 bridgehead atoms. The van der Waals surface area contributed by atoms with Gasteiger partial charge in [-0.1, -0.05) is 48.5 Å². The van der Waals surface area contributed by atoms with Crippen molar-refractivity contribution < 1.29 is 14.4 Å². The van der Waals surface area contributed by atoms with Crippen LogP contribution in [0.2, 0.25) is 0 Å². The molecule has 1 atom stereocenters. The van der Waals surface area contributed by atoms with Crippen LogP contribution in [0.3, 0.4) is 0 Å². The zero-order valence-electron chi connectivity index (χ0n) is 12.3. The van der Waals surface area contributed by atoms with Crippen molar-refractivity contribution in [2.45, 2.75) is 18.4 Å². The van der Waals surface area contributed by atoms with Gasteiger partial charge in [0.2, 0.25) is 17.7 Å². The Kier molecular flexibility index (Phi) is 2.84. The van der Waals surface area contributed by atoms with Gasteiger partial charge in [-0.15, -0.1) is 0 Å². The number of benzene rings is 2. The minimum atomic E-state index is -1.40. The number of rotatable bonds is 2. The molecule has 2 aliphatic rings. The molecule has 5 heteroatoms. The fraction of sp³-hybridized carbons (Fsp3) is 0.167. The van der Waals surface area contributed by atoms with E-state index >= 15 is 0 Å². The number of imide groups is 1. The van der Waals surface area contributed by atoms with Gasteiger partial charge < -0.3 is 5.32 Å². The van der Waals surface area contributed by atoms with E-state index in [1.54, 1.807) is 24.3 Å². The summed E-state index contributed by atoms with van der Waals surface area (Å²) >= 11 is 0. The molecule has 0 aliphatic carbocycles. The van der Waals surface area contributed by atoms with Crippen LogP contribution in [0.5, 0.6) is 0 Å². The maximum Gasteiger partial charge on any atom is 0.250 e.